The SMILES string of the molecule is CC1(C)Cc2cccc(OCC(=O)OCC(=O)Nc3ccccc3C(=O)NC3CCCC3)c2O1. The van der Waals surface area contributed by atoms with Gasteiger partial charge in [0.05, 0.1) is 11.3 Å². The number of hydrogen-bond donors (Lipinski definition) is 2. The number of nitrogens with one attached hydrogen (secondary N) is 2. The first-order valence-corrected chi connectivity index (χ1v) is 11.6. The number of hydrogen-bond acceptors (Lipinski definition) is 6. The summed E-state index contributed by atoms with van der Waals surface area (Å²) in [5.41, 5.74) is 1.43. The van der Waals surface area contributed by atoms with Gasteiger partial charge in [0.15, 0.2) is 24.7 Å². The van der Waals surface area contributed by atoms with Gasteiger partial charge < -0.3 is 24.8 Å². The van der Waals surface area contributed by atoms with Crippen LogP contribution in [0.4, 0.5) is 5.69 Å². The van der Waals surface area contributed by atoms with Gasteiger partial charge in [0.2, 0.25) is 0 Å². The van der Waals surface area contributed by atoms with E-state index in [9.17, 15) is 14.4 Å². The molecule has 1 aliphatic heterocycles. The van der Waals surface area contributed by atoms with Crippen LogP contribution in [0, 0.1) is 0 Å². The summed E-state index contributed by atoms with van der Waals surface area (Å²) in [5, 5.41) is 5.66. The van der Waals surface area contributed by atoms with Crippen molar-refractivity contribution in [1.82, 2.24) is 5.32 Å². The summed E-state index contributed by atoms with van der Waals surface area (Å²) in [6.07, 6.45) is 4.90. The lowest BCUT2D eigenvalue weighted by Crippen LogP contribution is -2.33. The maximum absolute atomic E-state index is 12.6. The van der Waals surface area contributed by atoms with Crippen molar-refractivity contribution in [2.24, 2.45) is 0 Å². The number of benzene rings is 2. The van der Waals surface area contributed by atoms with E-state index < -0.39 is 18.5 Å². The van der Waals surface area contributed by atoms with E-state index in [1.54, 1.807) is 30.3 Å². The molecule has 2 amide bonds. The largest absolute Gasteiger partial charge is 0.483 e. The molecule has 1 heterocycles. The Hall–Kier alpha value is -3.55. The maximum Gasteiger partial charge on any atom is 0.344 e. The molecule has 0 spiro atoms. The van der Waals surface area contributed by atoms with Gasteiger partial charge in [0, 0.05) is 18.0 Å². The van der Waals surface area contributed by atoms with Gasteiger partial charge in [-0.1, -0.05) is 37.1 Å². The Morgan fingerprint density at radius 1 is 1.03 bits per heavy atom. The Bertz CT molecular complexity index is 1070. The summed E-state index contributed by atoms with van der Waals surface area (Å²) >= 11 is 0. The Balaban J connectivity index is 1.26. The third-order valence-corrected chi connectivity index (χ3v) is 5.90. The molecule has 1 saturated carbocycles. The lowest BCUT2D eigenvalue weighted by molar-refractivity contribution is -0.149. The van der Waals surface area contributed by atoms with Crippen molar-refractivity contribution in [2.75, 3.05) is 18.5 Å². The van der Waals surface area contributed by atoms with Gasteiger partial charge in [-0.15, -0.1) is 0 Å². The number of esters is 1. The second-order valence-electron chi connectivity index (χ2n) is 9.28. The molecule has 0 atom stereocenters. The fourth-order valence-electron chi connectivity index (χ4n) is 4.34. The Labute approximate surface area is 199 Å². The minimum atomic E-state index is -0.683. The van der Waals surface area contributed by atoms with Crippen molar-refractivity contribution in [1.29, 1.82) is 0 Å². The van der Waals surface area contributed by atoms with E-state index in [2.05, 4.69) is 10.6 Å². The minimum absolute atomic E-state index is 0.166. The summed E-state index contributed by atoms with van der Waals surface area (Å²) in [5.74, 6) is -0.358. The summed E-state index contributed by atoms with van der Waals surface area (Å²) in [6, 6.07) is 12.5. The van der Waals surface area contributed by atoms with E-state index in [0.717, 1.165) is 37.7 Å². The number of para-hydroxylation sites is 2. The maximum atomic E-state index is 12.6. The lowest BCUT2D eigenvalue weighted by atomic mass is 10.0. The van der Waals surface area contributed by atoms with Crippen LogP contribution in [-0.4, -0.2) is 42.6 Å². The Morgan fingerprint density at radius 3 is 2.59 bits per heavy atom. The first-order chi connectivity index (χ1) is 16.3. The monoisotopic (exact) mass is 466 g/mol. The molecule has 8 nitrogen and oxygen atoms in total. The molecule has 0 aromatic heterocycles. The molecular formula is C26H30N2O6. The molecule has 8 heteroatoms. The smallest absolute Gasteiger partial charge is 0.344 e. The summed E-state index contributed by atoms with van der Waals surface area (Å²) in [4.78, 5) is 37.1. The van der Waals surface area contributed by atoms with Crippen LogP contribution >= 0.6 is 0 Å². The summed E-state index contributed by atoms with van der Waals surface area (Å²) in [6.45, 7) is 3.13. The van der Waals surface area contributed by atoms with Gasteiger partial charge in [-0.25, -0.2) is 4.79 Å². The highest BCUT2D eigenvalue weighted by atomic mass is 16.6. The van der Waals surface area contributed by atoms with Gasteiger partial charge in [0.1, 0.15) is 5.60 Å². The fourth-order valence-corrected chi connectivity index (χ4v) is 4.34. The standard InChI is InChI=1S/C26H30N2O6/c1-26(2)14-17-8-7-13-21(24(17)34-26)32-16-23(30)33-15-22(29)28-20-12-6-5-11-19(20)25(31)27-18-9-3-4-10-18/h5-8,11-13,18H,3-4,9-10,14-16H2,1-2H3,(H,27,31)(H,28,29). The molecule has 34 heavy (non-hydrogen) atoms. The van der Waals surface area contributed by atoms with Gasteiger partial charge in [-0.05, 0) is 44.9 Å². The highest BCUT2D eigenvalue weighted by Crippen LogP contribution is 2.41. The quantitative estimate of drug-likeness (QED) is 0.576. The normalized spacial score (nSPS) is 16.3. The first kappa shape index (κ1) is 23.6. The van der Waals surface area contributed by atoms with Crippen molar-refractivity contribution < 1.29 is 28.6 Å². The van der Waals surface area contributed by atoms with Gasteiger partial charge in [-0.2, -0.15) is 0 Å². The lowest BCUT2D eigenvalue weighted by Gasteiger charge is -2.18. The van der Waals surface area contributed by atoms with Crippen LogP contribution in [0.1, 0.15) is 55.5 Å². The highest BCUT2D eigenvalue weighted by molar-refractivity contribution is 6.04. The van der Waals surface area contributed by atoms with Crippen molar-refractivity contribution in [2.45, 2.75) is 57.6 Å². The van der Waals surface area contributed by atoms with Crippen LogP contribution in [0.25, 0.3) is 0 Å². The van der Waals surface area contributed by atoms with Crippen LogP contribution in [0.3, 0.4) is 0 Å². The van der Waals surface area contributed by atoms with Crippen LogP contribution in [0.15, 0.2) is 42.5 Å². The number of ether oxygens (including phenoxy) is 3. The first-order valence-electron chi connectivity index (χ1n) is 11.6. The van der Waals surface area contributed by atoms with Crippen molar-refractivity contribution in [3.05, 3.63) is 53.6 Å². The second kappa shape index (κ2) is 10.2. The van der Waals surface area contributed by atoms with E-state index in [-0.39, 0.29) is 24.2 Å². The van der Waals surface area contributed by atoms with Gasteiger partial charge in [-0.3, -0.25) is 9.59 Å². The Kier molecular flexibility index (Phi) is 7.05. The number of rotatable bonds is 8. The summed E-state index contributed by atoms with van der Waals surface area (Å²) < 4.78 is 16.6. The fraction of sp³-hybridized carbons (Fsp3) is 0.423. The van der Waals surface area contributed by atoms with Gasteiger partial charge in [0.25, 0.3) is 11.8 Å². The number of anilines is 1. The molecular weight excluding hydrogens is 436 g/mol. The van der Waals surface area contributed by atoms with E-state index in [4.69, 9.17) is 14.2 Å². The van der Waals surface area contributed by atoms with E-state index in [1.165, 1.54) is 0 Å². The molecule has 2 N–H and O–H groups in total. The van der Waals surface area contributed by atoms with Crippen LogP contribution in [0.2, 0.25) is 0 Å². The predicted octanol–water partition coefficient (Wildman–Crippen LogP) is 3.63. The third-order valence-electron chi connectivity index (χ3n) is 5.90. The van der Waals surface area contributed by atoms with Gasteiger partial charge >= 0.3 is 5.97 Å². The van der Waals surface area contributed by atoms with Crippen molar-refractivity contribution >= 4 is 23.5 Å². The molecule has 2 aliphatic rings. The van der Waals surface area contributed by atoms with Crippen molar-refractivity contribution in [3.63, 3.8) is 0 Å². The van der Waals surface area contributed by atoms with Crippen LogP contribution in [-0.2, 0) is 20.7 Å². The van der Waals surface area contributed by atoms with E-state index in [0.29, 0.717) is 22.7 Å². The molecule has 1 aliphatic carbocycles. The average Bonchev–Trinajstić information content (AvgIpc) is 3.42. The zero-order chi connectivity index (χ0) is 24.1. The number of carbonyl (C=O) groups is 3. The molecule has 1 fully saturated rings. The molecule has 0 unspecified atom stereocenters. The highest BCUT2D eigenvalue weighted by Gasteiger charge is 2.32. The zero-order valence-electron chi connectivity index (χ0n) is 19.5. The molecule has 0 radical (unpaired) electrons. The van der Waals surface area contributed by atoms with E-state index >= 15 is 0 Å². The zero-order valence-corrected chi connectivity index (χ0v) is 19.5. The number of fused-ring (bicyclic) bond motifs is 1. The third kappa shape index (κ3) is 5.87. The minimum Gasteiger partial charge on any atom is -0.483 e. The average molecular weight is 467 g/mol. The number of amides is 2. The molecule has 180 valence electrons. The molecule has 2 aromatic carbocycles. The Morgan fingerprint density at radius 2 is 1.79 bits per heavy atom. The molecule has 0 saturated heterocycles. The van der Waals surface area contributed by atoms with Crippen LogP contribution < -0.4 is 20.1 Å². The topological polar surface area (TPSA) is 103 Å². The summed E-state index contributed by atoms with van der Waals surface area (Å²) in [7, 11) is 0. The number of carbonyl (C=O) groups excluding carboxylic acids is 3. The van der Waals surface area contributed by atoms with Crippen LogP contribution in [0.5, 0.6) is 11.5 Å². The molecule has 0 bridgehead atoms. The predicted molar refractivity (Wildman–Crippen MR) is 126 cm³/mol. The molecule has 2 aromatic rings. The molecule has 4 rings (SSSR count). The van der Waals surface area contributed by atoms with Crippen molar-refractivity contribution in [3.8, 4) is 11.5 Å². The van der Waals surface area contributed by atoms with E-state index in [1.807, 2.05) is 26.0 Å². The second-order valence-corrected chi connectivity index (χ2v) is 9.28.